The standard InChI is InChI=1S/C39H55N7O6/c1-11-26-20-28(22-40-33(26)45(36(49)51-38(4,5)6)37(50)52-39(7,8)9)41-34(47)35(48)44-23-24(2)12-15-32(44)27-13-14-30-25(3)46(42-31(30)21-27)29-16-18-43(10)19-17-29/h13-14,20-22,24,29,32H,11-12,15-19,23H2,1-10H3,(H,41,47)/t24-,32?/m0/s1. The number of carbonyl (C=O) groups excluding carboxylic acids is 4. The Morgan fingerprint density at radius 1 is 0.942 bits per heavy atom. The molecular weight excluding hydrogens is 662 g/mol. The Kier molecular flexibility index (Phi) is 11.3. The van der Waals surface area contributed by atoms with E-state index in [0.717, 1.165) is 65.8 Å². The number of hydrogen-bond acceptors (Lipinski definition) is 9. The number of likely N-dealkylation sites (tertiary alicyclic amines) is 2. The first kappa shape index (κ1) is 38.7. The molecule has 3 aromatic rings. The molecule has 52 heavy (non-hydrogen) atoms. The summed E-state index contributed by atoms with van der Waals surface area (Å²) in [5.74, 6) is -1.20. The van der Waals surface area contributed by atoms with E-state index in [1.54, 1.807) is 52.5 Å². The number of benzene rings is 1. The summed E-state index contributed by atoms with van der Waals surface area (Å²) in [7, 11) is 2.15. The van der Waals surface area contributed by atoms with E-state index in [4.69, 9.17) is 14.6 Å². The average molecular weight is 718 g/mol. The van der Waals surface area contributed by atoms with Crippen molar-refractivity contribution in [2.45, 2.75) is 118 Å². The van der Waals surface area contributed by atoms with Gasteiger partial charge in [0.1, 0.15) is 11.2 Å². The third-order valence-electron chi connectivity index (χ3n) is 9.61. The molecule has 4 heterocycles. The highest BCUT2D eigenvalue weighted by atomic mass is 16.6. The first-order chi connectivity index (χ1) is 24.3. The number of aryl methyl sites for hydroxylation is 2. The number of carbonyl (C=O) groups is 4. The smallest absolute Gasteiger partial charge is 0.425 e. The quantitative estimate of drug-likeness (QED) is 0.272. The Bertz CT molecular complexity index is 1790. The van der Waals surface area contributed by atoms with Crippen molar-refractivity contribution in [3.05, 3.63) is 47.3 Å². The predicted molar refractivity (Wildman–Crippen MR) is 200 cm³/mol. The van der Waals surface area contributed by atoms with Crippen LogP contribution in [0.1, 0.15) is 110 Å². The molecule has 4 amide bonds. The summed E-state index contributed by atoms with van der Waals surface area (Å²) in [5.41, 5.74) is 1.94. The Labute approximate surface area is 307 Å². The van der Waals surface area contributed by atoms with Gasteiger partial charge in [0, 0.05) is 17.6 Å². The maximum atomic E-state index is 13.9. The van der Waals surface area contributed by atoms with E-state index in [0.29, 0.717) is 24.6 Å². The first-order valence-corrected chi connectivity index (χ1v) is 18.4. The number of nitrogens with one attached hydrogen (secondary N) is 1. The van der Waals surface area contributed by atoms with E-state index in [9.17, 15) is 19.2 Å². The van der Waals surface area contributed by atoms with Crippen LogP contribution in [0.5, 0.6) is 0 Å². The van der Waals surface area contributed by atoms with E-state index < -0.39 is 35.2 Å². The number of aromatic nitrogens is 3. The van der Waals surface area contributed by atoms with Crippen LogP contribution in [-0.4, -0.2) is 86.4 Å². The number of anilines is 2. The lowest BCUT2D eigenvalue weighted by molar-refractivity contribution is -0.146. The average Bonchev–Trinajstić information content (AvgIpc) is 3.38. The number of rotatable bonds is 5. The topological polar surface area (TPSA) is 139 Å². The lowest BCUT2D eigenvalue weighted by atomic mass is 9.89. The zero-order valence-electron chi connectivity index (χ0n) is 32.4. The number of fused-ring (bicyclic) bond motifs is 1. The summed E-state index contributed by atoms with van der Waals surface area (Å²) >= 11 is 0. The van der Waals surface area contributed by atoms with Gasteiger partial charge in [-0.25, -0.2) is 14.6 Å². The van der Waals surface area contributed by atoms with Crippen LogP contribution in [-0.2, 0) is 25.5 Å². The van der Waals surface area contributed by atoms with Crippen molar-refractivity contribution in [2.24, 2.45) is 5.92 Å². The number of ether oxygens (including phenoxy) is 2. The lowest BCUT2D eigenvalue weighted by Gasteiger charge is -2.38. The van der Waals surface area contributed by atoms with Gasteiger partial charge in [-0.1, -0.05) is 26.0 Å². The van der Waals surface area contributed by atoms with E-state index in [1.165, 1.54) is 6.20 Å². The maximum Gasteiger partial charge on any atom is 0.425 e. The molecule has 5 rings (SSSR count). The fraction of sp³-hybridized carbons (Fsp3) is 0.590. The Hall–Kier alpha value is -4.52. The number of imide groups is 1. The molecule has 0 bridgehead atoms. The number of piperidine rings is 2. The van der Waals surface area contributed by atoms with Crippen molar-refractivity contribution in [3.8, 4) is 0 Å². The van der Waals surface area contributed by atoms with Crippen LogP contribution in [0, 0.1) is 12.8 Å². The van der Waals surface area contributed by atoms with Gasteiger partial charge in [-0.2, -0.15) is 10.00 Å². The van der Waals surface area contributed by atoms with Crippen molar-refractivity contribution in [1.82, 2.24) is 24.6 Å². The highest BCUT2D eigenvalue weighted by molar-refractivity contribution is 6.39. The van der Waals surface area contributed by atoms with Gasteiger partial charge in [0.05, 0.1) is 29.5 Å². The van der Waals surface area contributed by atoms with Gasteiger partial charge in [-0.15, -0.1) is 0 Å². The highest BCUT2D eigenvalue weighted by Crippen LogP contribution is 2.36. The summed E-state index contributed by atoms with van der Waals surface area (Å²) in [6, 6.07) is 7.91. The Morgan fingerprint density at radius 2 is 1.58 bits per heavy atom. The van der Waals surface area contributed by atoms with Crippen molar-refractivity contribution in [2.75, 3.05) is 36.9 Å². The normalized spacial score (nSPS) is 19.0. The molecule has 0 saturated carbocycles. The van der Waals surface area contributed by atoms with Crippen LogP contribution < -0.4 is 10.2 Å². The third kappa shape index (κ3) is 8.91. The molecule has 2 aliphatic heterocycles. The molecule has 0 radical (unpaired) electrons. The molecular formula is C39H55N7O6. The molecule has 0 spiro atoms. The lowest BCUT2D eigenvalue weighted by Crippen LogP contribution is -2.46. The van der Waals surface area contributed by atoms with Gasteiger partial charge in [0.2, 0.25) is 0 Å². The van der Waals surface area contributed by atoms with E-state index in [2.05, 4.69) is 59.0 Å². The molecule has 1 N–H and O–H groups in total. The predicted octanol–water partition coefficient (Wildman–Crippen LogP) is 7.18. The van der Waals surface area contributed by atoms with Crippen LogP contribution >= 0.6 is 0 Å². The van der Waals surface area contributed by atoms with E-state index in [1.807, 2.05) is 6.92 Å². The molecule has 2 saturated heterocycles. The first-order valence-electron chi connectivity index (χ1n) is 18.4. The SMILES string of the molecule is CCc1cc(NC(=O)C(=O)N2C[C@@H](C)CCC2c2ccc3c(C)n(C4CCN(C)CC4)nc3c2)cnc1N(C(=O)OC(C)(C)C)C(=O)OC(C)(C)C. The molecule has 2 aliphatic rings. The zero-order valence-corrected chi connectivity index (χ0v) is 32.4. The molecule has 2 fully saturated rings. The summed E-state index contributed by atoms with van der Waals surface area (Å²) in [6.45, 7) is 18.7. The molecule has 13 nitrogen and oxygen atoms in total. The van der Waals surface area contributed by atoms with Gasteiger partial charge in [0.25, 0.3) is 0 Å². The van der Waals surface area contributed by atoms with Crippen LogP contribution in [0.3, 0.4) is 0 Å². The fourth-order valence-corrected chi connectivity index (χ4v) is 6.99. The van der Waals surface area contributed by atoms with Crippen LogP contribution in [0.4, 0.5) is 21.1 Å². The van der Waals surface area contributed by atoms with E-state index >= 15 is 0 Å². The summed E-state index contributed by atoms with van der Waals surface area (Å²) in [6.07, 6.45) is 3.54. The molecule has 282 valence electrons. The second-order valence-corrected chi connectivity index (χ2v) is 16.3. The van der Waals surface area contributed by atoms with Gasteiger partial charge >= 0.3 is 24.0 Å². The molecule has 0 aliphatic carbocycles. The molecule has 13 heteroatoms. The highest BCUT2D eigenvalue weighted by Gasteiger charge is 2.37. The van der Waals surface area contributed by atoms with Crippen molar-refractivity contribution in [1.29, 1.82) is 0 Å². The number of nitrogens with zero attached hydrogens (tertiary/aromatic N) is 6. The third-order valence-corrected chi connectivity index (χ3v) is 9.61. The number of pyridine rings is 1. The fourth-order valence-electron chi connectivity index (χ4n) is 6.99. The van der Waals surface area contributed by atoms with Gasteiger partial charge in [-0.05, 0) is 130 Å². The molecule has 1 unspecified atom stereocenters. The second-order valence-electron chi connectivity index (χ2n) is 16.3. The summed E-state index contributed by atoms with van der Waals surface area (Å²) in [5, 5.41) is 8.85. The molecule has 2 aromatic heterocycles. The van der Waals surface area contributed by atoms with Gasteiger partial charge in [0.15, 0.2) is 5.82 Å². The van der Waals surface area contributed by atoms with Gasteiger partial charge < -0.3 is 24.6 Å². The summed E-state index contributed by atoms with van der Waals surface area (Å²) in [4.78, 5) is 63.2. The number of hydrogen-bond donors (Lipinski definition) is 1. The zero-order chi connectivity index (χ0) is 38.1. The Morgan fingerprint density at radius 3 is 2.17 bits per heavy atom. The monoisotopic (exact) mass is 717 g/mol. The minimum absolute atomic E-state index is 0.0177. The van der Waals surface area contributed by atoms with Gasteiger partial charge in [-0.3, -0.25) is 14.3 Å². The van der Waals surface area contributed by atoms with Crippen molar-refractivity contribution in [3.63, 3.8) is 0 Å². The minimum atomic E-state index is -0.942. The van der Waals surface area contributed by atoms with Crippen LogP contribution in [0.15, 0.2) is 30.5 Å². The molecule has 2 atom stereocenters. The second kappa shape index (κ2) is 15.2. The Balaban J connectivity index is 1.37. The number of amides is 4. The van der Waals surface area contributed by atoms with Crippen molar-refractivity contribution < 1.29 is 28.7 Å². The molecule has 1 aromatic carbocycles. The largest absolute Gasteiger partial charge is 0.443 e. The minimum Gasteiger partial charge on any atom is -0.443 e. The van der Waals surface area contributed by atoms with Crippen LogP contribution in [0.2, 0.25) is 0 Å². The summed E-state index contributed by atoms with van der Waals surface area (Å²) < 4.78 is 13.2. The van der Waals surface area contributed by atoms with E-state index in [-0.39, 0.29) is 23.5 Å². The maximum absolute atomic E-state index is 13.9. The van der Waals surface area contributed by atoms with Crippen molar-refractivity contribution >= 4 is 46.4 Å². The van der Waals surface area contributed by atoms with Crippen LogP contribution in [0.25, 0.3) is 10.9 Å².